The third-order valence-corrected chi connectivity index (χ3v) is 7.98. The Balaban J connectivity index is 1.84. The molecule has 0 aromatic heterocycles. The van der Waals surface area contributed by atoms with E-state index in [0.717, 1.165) is 5.56 Å². The highest BCUT2D eigenvalue weighted by Gasteiger charge is 2.36. The third kappa shape index (κ3) is 13.4. The Morgan fingerprint density at radius 2 is 1.26 bits per heavy atom. The van der Waals surface area contributed by atoms with Gasteiger partial charge in [-0.3, -0.25) is 28.8 Å². The van der Waals surface area contributed by atoms with Crippen LogP contribution in [0, 0.1) is 5.92 Å². The standard InChI is InChI=1S/C34H54N8O8/c1-19(2)28(32(47)38-22(6)30(45)37-21(5)29(44)36-20(3)4)41-35-17-27(43)26-15-12-16-42(26)33(48)24(8)39-31(46)23(7)40-34(49)50-18-25-13-10-9-11-14-25/h9-11,13-14,19-24,26,28,35,41H,12,15-18H2,1-8H3,(H,36,44)(H,37,45)(H,38,47)(H,39,46)(H,40,49)/t21-,22-,23-,24-,26-,28-/m0/s1. The molecule has 0 bridgehead atoms. The van der Waals surface area contributed by atoms with E-state index in [1.165, 1.54) is 25.7 Å². The molecule has 1 aromatic carbocycles. The van der Waals surface area contributed by atoms with Crippen molar-refractivity contribution in [3.05, 3.63) is 35.9 Å². The summed E-state index contributed by atoms with van der Waals surface area (Å²) >= 11 is 0. The van der Waals surface area contributed by atoms with Crippen LogP contribution in [0.15, 0.2) is 30.3 Å². The first kappa shape index (κ1) is 41.6. The lowest BCUT2D eigenvalue weighted by Gasteiger charge is -2.28. The number of hydrazine groups is 1. The molecule has 1 aromatic rings. The van der Waals surface area contributed by atoms with Gasteiger partial charge in [0, 0.05) is 12.6 Å². The summed E-state index contributed by atoms with van der Waals surface area (Å²) in [5.74, 6) is -2.92. The molecule has 6 atom stereocenters. The number of ether oxygens (including phenoxy) is 1. The molecule has 278 valence electrons. The Kier molecular flexibility index (Phi) is 16.8. The van der Waals surface area contributed by atoms with Crippen LogP contribution in [0.4, 0.5) is 4.79 Å². The fourth-order valence-corrected chi connectivity index (χ4v) is 5.10. The van der Waals surface area contributed by atoms with Crippen LogP contribution in [0.5, 0.6) is 0 Å². The molecule has 0 aliphatic carbocycles. The van der Waals surface area contributed by atoms with Crippen molar-refractivity contribution in [1.29, 1.82) is 0 Å². The van der Waals surface area contributed by atoms with E-state index in [4.69, 9.17) is 4.74 Å². The summed E-state index contributed by atoms with van der Waals surface area (Å²) in [6.07, 6.45) is 0.249. The number of hydrogen-bond acceptors (Lipinski definition) is 10. The van der Waals surface area contributed by atoms with Gasteiger partial charge < -0.3 is 36.2 Å². The second-order valence-corrected chi connectivity index (χ2v) is 13.2. The predicted octanol–water partition coefficient (Wildman–Crippen LogP) is 0.0189. The number of alkyl carbamates (subject to hydrolysis) is 1. The van der Waals surface area contributed by atoms with E-state index in [0.29, 0.717) is 19.4 Å². The lowest BCUT2D eigenvalue weighted by molar-refractivity contribution is -0.140. The Hall–Kier alpha value is -4.57. The van der Waals surface area contributed by atoms with E-state index in [1.54, 1.807) is 46.8 Å². The van der Waals surface area contributed by atoms with E-state index < -0.39 is 66.0 Å². The molecule has 16 heteroatoms. The summed E-state index contributed by atoms with van der Waals surface area (Å²) in [7, 11) is 0. The zero-order valence-corrected chi connectivity index (χ0v) is 30.3. The average molecular weight is 703 g/mol. The molecule has 16 nitrogen and oxygen atoms in total. The molecule has 0 radical (unpaired) electrons. The number of rotatable bonds is 18. The van der Waals surface area contributed by atoms with Crippen molar-refractivity contribution in [1.82, 2.24) is 42.3 Å². The van der Waals surface area contributed by atoms with E-state index in [2.05, 4.69) is 37.4 Å². The number of amides is 6. The monoisotopic (exact) mass is 702 g/mol. The lowest BCUT2D eigenvalue weighted by Crippen LogP contribution is -2.59. The fourth-order valence-electron chi connectivity index (χ4n) is 5.10. The number of ketones is 1. The Bertz CT molecular complexity index is 1340. The van der Waals surface area contributed by atoms with Crippen LogP contribution < -0.4 is 37.4 Å². The number of hydrogen-bond donors (Lipinski definition) is 7. The molecule has 1 fully saturated rings. The highest BCUT2D eigenvalue weighted by atomic mass is 16.5. The summed E-state index contributed by atoms with van der Waals surface area (Å²) < 4.78 is 5.15. The van der Waals surface area contributed by atoms with Crippen LogP contribution in [0.1, 0.15) is 73.8 Å². The molecule has 6 amide bonds. The molecule has 7 N–H and O–H groups in total. The maximum atomic E-state index is 13.3. The van der Waals surface area contributed by atoms with Crippen LogP contribution in [-0.4, -0.2) is 102 Å². The lowest BCUT2D eigenvalue weighted by atomic mass is 10.0. The number of Topliss-reactive ketones (excluding diaryl/α,β-unsaturated/α-hetero) is 1. The fraction of sp³-hybridized carbons (Fsp3) is 0.618. The molecular formula is C34H54N8O8. The number of likely N-dealkylation sites (tertiary alicyclic amines) is 1. The van der Waals surface area contributed by atoms with Crippen LogP contribution >= 0.6 is 0 Å². The first-order valence-corrected chi connectivity index (χ1v) is 17.0. The SMILES string of the molecule is CC(C)NC(=O)[C@H](C)NC(=O)[C@H](C)NC(=O)[C@@H](NNCC(=O)[C@@H]1CCCN1C(=O)[C@H](C)NC(=O)[C@H](C)NC(=O)OCc1ccccc1)C(C)C. The van der Waals surface area contributed by atoms with Crippen LogP contribution in [0.2, 0.25) is 0 Å². The highest BCUT2D eigenvalue weighted by Crippen LogP contribution is 2.19. The van der Waals surface area contributed by atoms with E-state index >= 15 is 0 Å². The van der Waals surface area contributed by atoms with Crippen molar-refractivity contribution in [3.63, 3.8) is 0 Å². The smallest absolute Gasteiger partial charge is 0.408 e. The summed E-state index contributed by atoms with van der Waals surface area (Å²) in [5, 5.41) is 13.0. The van der Waals surface area contributed by atoms with Crippen LogP contribution in [-0.2, 0) is 40.1 Å². The van der Waals surface area contributed by atoms with Gasteiger partial charge in [0.15, 0.2) is 5.78 Å². The number of nitrogens with zero attached hydrogens (tertiary/aromatic N) is 1. The zero-order chi connectivity index (χ0) is 37.5. The van der Waals surface area contributed by atoms with Crippen molar-refractivity contribution in [3.8, 4) is 0 Å². The molecule has 50 heavy (non-hydrogen) atoms. The second kappa shape index (κ2) is 20.2. The number of carbonyl (C=O) groups is 7. The molecule has 1 aliphatic rings. The van der Waals surface area contributed by atoms with Gasteiger partial charge in [-0.2, -0.15) is 0 Å². The first-order valence-electron chi connectivity index (χ1n) is 17.0. The number of nitrogens with one attached hydrogen (secondary N) is 7. The Morgan fingerprint density at radius 1 is 0.720 bits per heavy atom. The third-order valence-electron chi connectivity index (χ3n) is 7.98. The van der Waals surface area contributed by atoms with Crippen molar-refractivity contribution < 1.29 is 38.3 Å². The number of benzene rings is 1. The molecule has 0 unspecified atom stereocenters. The normalized spacial score (nSPS) is 17.2. The maximum absolute atomic E-state index is 13.3. The maximum Gasteiger partial charge on any atom is 0.408 e. The Labute approximate surface area is 293 Å². The minimum Gasteiger partial charge on any atom is -0.445 e. The highest BCUT2D eigenvalue weighted by molar-refractivity contribution is 5.95. The van der Waals surface area contributed by atoms with Gasteiger partial charge >= 0.3 is 6.09 Å². The van der Waals surface area contributed by atoms with Gasteiger partial charge in [0.2, 0.25) is 29.5 Å². The molecule has 0 saturated carbocycles. The Morgan fingerprint density at radius 3 is 1.84 bits per heavy atom. The minimum absolute atomic E-state index is 0.0361. The largest absolute Gasteiger partial charge is 0.445 e. The van der Waals surface area contributed by atoms with Crippen molar-refractivity contribution in [2.24, 2.45) is 5.92 Å². The van der Waals surface area contributed by atoms with Crippen molar-refractivity contribution in [2.75, 3.05) is 13.1 Å². The zero-order valence-electron chi connectivity index (χ0n) is 30.3. The molecule has 0 spiro atoms. The molecule has 1 aliphatic heterocycles. The van der Waals surface area contributed by atoms with Crippen LogP contribution in [0.25, 0.3) is 0 Å². The van der Waals surface area contributed by atoms with E-state index in [-0.39, 0.29) is 36.8 Å². The summed E-state index contributed by atoms with van der Waals surface area (Å²) in [4.78, 5) is 90.5. The summed E-state index contributed by atoms with van der Waals surface area (Å²) in [6, 6.07) is 3.75. The van der Waals surface area contributed by atoms with Gasteiger partial charge in [0.05, 0.1) is 12.6 Å². The number of carbonyl (C=O) groups excluding carboxylic acids is 7. The molecule has 2 rings (SSSR count). The van der Waals surface area contributed by atoms with Crippen molar-refractivity contribution >= 4 is 41.4 Å². The van der Waals surface area contributed by atoms with Crippen molar-refractivity contribution in [2.45, 2.75) is 117 Å². The van der Waals surface area contributed by atoms with Crippen LogP contribution in [0.3, 0.4) is 0 Å². The summed E-state index contributed by atoms with van der Waals surface area (Å²) in [6.45, 7) is 13.4. The van der Waals surface area contributed by atoms with Gasteiger partial charge in [-0.05, 0) is 65.9 Å². The van der Waals surface area contributed by atoms with E-state index in [9.17, 15) is 33.6 Å². The molecular weight excluding hydrogens is 648 g/mol. The molecule has 1 saturated heterocycles. The first-order chi connectivity index (χ1) is 23.5. The average Bonchev–Trinajstić information content (AvgIpc) is 3.55. The van der Waals surface area contributed by atoms with Gasteiger partial charge in [-0.15, -0.1) is 0 Å². The van der Waals surface area contributed by atoms with E-state index in [1.807, 2.05) is 18.2 Å². The topological polar surface area (TPSA) is 216 Å². The van der Waals surface area contributed by atoms with Gasteiger partial charge in [-0.25, -0.2) is 15.6 Å². The summed E-state index contributed by atoms with van der Waals surface area (Å²) in [5.41, 5.74) is 6.44. The quantitative estimate of drug-likeness (QED) is 0.102. The van der Waals surface area contributed by atoms with Gasteiger partial charge in [-0.1, -0.05) is 44.2 Å². The second-order valence-electron chi connectivity index (χ2n) is 13.2. The molecule has 1 heterocycles. The minimum atomic E-state index is -0.983. The van der Waals surface area contributed by atoms with Gasteiger partial charge in [0.25, 0.3) is 0 Å². The van der Waals surface area contributed by atoms with Gasteiger partial charge in [0.1, 0.15) is 36.8 Å². The predicted molar refractivity (Wildman–Crippen MR) is 185 cm³/mol.